The molecule has 1 aliphatic rings. The number of hydrogen-bond acceptors (Lipinski definition) is 4. The van der Waals surface area contributed by atoms with E-state index in [1.54, 1.807) is 4.68 Å². The molecule has 3 N–H and O–H groups in total. The molecule has 6 heteroatoms. The minimum atomic E-state index is -0.186. The van der Waals surface area contributed by atoms with Crippen LogP contribution >= 0.6 is 0 Å². The molecule has 0 radical (unpaired) electrons. The van der Waals surface area contributed by atoms with Gasteiger partial charge in [0.15, 0.2) is 0 Å². The van der Waals surface area contributed by atoms with Crippen molar-refractivity contribution in [2.45, 2.75) is 38.8 Å². The molecule has 2 heterocycles. The Balaban J connectivity index is 2.01. The van der Waals surface area contributed by atoms with E-state index in [4.69, 9.17) is 10.5 Å². The van der Waals surface area contributed by atoms with Crippen LogP contribution in [0.3, 0.4) is 0 Å². The summed E-state index contributed by atoms with van der Waals surface area (Å²) in [4.78, 5) is 12.1. The molecular formula is C12H20N4O2. The molecule has 1 amide bonds. The first-order valence-corrected chi connectivity index (χ1v) is 6.32. The summed E-state index contributed by atoms with van der Waals surface area (Å²) in [5.41, 5.74) is 6.63. The lowest BCUT2D eigenvalue weighted by Crippen LogP contribution is -2.33. The maximum Gasteiger partial charge on any atom is 0.271 e. The average Bonchev–Trinajstić information content (AvgIpc) is 2.94. The van der Waals surface area contributed by atoms with E-state index in [-0.39, 0.29) is 18.1 Å². The maximum absolute atomic E-state index is 12.1. The molecule has 1 aliphatic heterocycles. The number of rotatable bonds is 4. The van der Waals surface area contributed by atoms with Gasteiger partial charge in [0.05, 0.1) is 18.0 Å². The van der Waals surface area contributed by atoms with E-state index in [0.717, 1.165) is 19.4 Å². The fraction of sp³-hybridized carbons (Fsp3) is 0.667. The van der Waals surface area contributed by atoms with Crippen molar-refractivity contribution in [3.63, 3.8) is 0 Å². The molecular weight excluding hydrogens is 232 g/mol. The van der Waals surface area contributed by atoms with Crippen molar-refractivity contribution in [2.24, 2.45) is 0 Å². The van der Waals surface area contributed by atoms with Gasteiger partial charge in [-0.25, -0.2) is 0 Å². The topological polar surface area (TPSA) is 82.2 Å². The Bertz CT molecular complexity index is 422. The molecule has 1 aromatic rings. The normalized spacial score (nSPS) is 19.4. The third-order valence-corrected chi connectivity index (χ3v) is 3.04. The number of nitrogens with zero attached hydrogens (tertiary/aromatic N) is 2. The van der Waals surface area contributed by atoms with Crippen LogP contribution in [0.15, 0.2) is 6.20 Å². The number of aromatic nitrogens is 2. The minimum absolute atomic E-state index is 0.103. The van der Waals surface area contributed by atoms with Crippen LogP contribution < -0.4 is 11.1 Å². The number of carbonyl (C=O) groups is 1. The second kappa shape index (κ2) is 5.39. The van der Waals surface area contributed by atoms with Gasteiger partial charge >= 0.3 is 0 Å². The molecule has 0 bridgehead atoms. The highest BCUT2D eigenvalue weighted by atomic mass is 16.5. The van der Waals surface area contributed by atoms with Crippen LogP contribution in [0.1, 0.15) is 43.2 Å². The number of nitrogens with one attached hydrogen (secondary N) is 1. The molecule has 100 valence electrons. The summed E-state index contributed by atoms with van der Waals surface area (Å²) in [7, 11) is 0. The standard InChI is InChI=1S/C12H20N4O2/c1-8(2)16-11(10(13)7-15-16)12(17)14-6-9-4-3-5-18-9/h7-9H,3-6,13H2,1-2H3,(H,14,17). The van der Waals surface area contributed by atoms with E-state index in [1.165, 1.54) is 6.20 Å². The fourth-order valence-electron chi connectivity index (χ4n) is 2.10. The van der Waals surface area contributed by atoms with Gasteiger partial charge in [-0.15, -0.1) is 0 Å². The molecule has 1 fully saturated rings. The quantitative estimate of drug-likeness (QED) is 0.836. The van der Waals surface area contributed by atoms with Crippen LogP contribution in [0, 0.1) is 0 Å². The first-order valence-electron chi connectivity index (χ1n) is 6.32. The first kappa shape index (κ1) is 12.9. The van der Waals surface area contributed by atoms with Gasteiger partial charge in [0.1, 0.15) is 5.69 Å². The highest BCUT2D eigenvalue weighted by Crippen LogP contribution is 2.16. The molecule has 0 spiro atoms. The van der Waals surface area contributed by atoms with Gasteiger partial charge in [-0.2, -0.15) is 5.10 Å². The number of ether oxygens (including phenoxy) is 1. The zero-order chi connectivity index (χ0) is 13.1. The number of nitrogen functional groups attached to an aromatic ring is 1. The summed E-state index contributed by atoms with van der Waals surface area (Å²) in [5.74, 6) is -0.186. The Hall–Kier alpha value is -1.56. The minimum Gasteiger partial charge on any atom is -0.396 e. The lowest BCUT2D eigenvalue weighted by Gasteiger charge is -2.14. The van der Waals surface area contributed by atoms with Gasteiger partial charge in [0.25, 0.3) is 5.91 Å². The predicted molar refractivity (Wildman–Crippen MR) is 68.3 cm³/mol. The monoisotopic (exact) mass is 252 g/mol. The molecule has 0 saturated carbocycles. The Kier molecular flexibility index (Phi) is 3.86. The predicted octanol–water partition coefficient (Wildman–Crippen LogP) is 0.955. The van der Waals surface area contributed by atoms with Crippen molar-refractivity contribution in [2.75, 3.05) is 18.9 Å². The van der Waals surface area contributed by atoms with Crippen molar-refractivity contribution in [3.05, 3.63) is 11.9 Å². The Morgan fingerprint density at radius 3 is 3.11 bits per heavy atom. The van der Waals surface area contributed by atoms with Gasteiger partial charge in [-0.3, -0.25) is 9.48 Å². The van der Waals surface area contributed by atoms with E-state index in [2.05, 4.69) is 10.4 Å². The van der Waals surface area contributed by atoms with Crippen LogP contribution in [0.5, 0.6) is 0 Å². The molecule has 1 atom stereocenters. The molecule has 0 aromatic carbocycles. The highest BCUT2D eigenvalue weighted by Gasteiger charge is 2.21. The average molecular weight is 252 g/mol. The van der Waals surface area contributed by atoms with Gasteiger partial charge in [-0.05, 0) is 26.7 Å². The molecule has 1 aromatic heterocycles. The summed E-state index contributed by atoms with van der Waals surface area (Å²) >= 11 is 0. The number of hydrogen-bond donors (Lipinski definition) is 2. The summed E-state index contributed by atoms with van der Waals surface area (Å²) in [6.45, 7) is 5.24. The van der Waals surface area contributed by atoms with Crippen molar-refractivity contribution in [1.29, 1.82) is 0 Å². The summed E-state index contributed by atoms with van der Waals surface area (Å²) in [6.07, 6.45) is 3.71. The van der Waals surface area contributed by atoms with Gasteiger partial charge in [0, 0.05) is 19.2 Å². The van der Waals surface area contributed by atoms with E-state index < -0.39 is 0 Å². The smallest absolute Gasteiger partial charge is 0.271 e. The Labute approximate surface area is 106 Å². The first-order chi connectivity index (χ1) is 8.59. The fourth-order valence-corrected chi connectivity index (χ4v) is 2.10. The Morgan fingerprint density at radius 1 is 1.72 bits per heavy atom. The number of carbonyl (C=O) groups excluding carboxylic acids is 1. The van der Waals surface area contributed by atoms with Crippen LogP contribution in [-0.2, 0) is 4.74 Å². The van der Waals surface area contributed by atoms with Crippen molar-refractivity contribution >= 4 is 11.6 Å². The third kappa shape index (κ3) is 2.64. The summed E-state index contributed by atoms with van der Waals surface area (Å²) in [6, 6.07) is 0.103. The molecule has 2 rings (SSSR count). The zero-order valence-corrected chi connectivity index (χ0v) is 10.8. The van der Waals surface area contributed by atoms with E-state index >= 15 is 0 Å². The van der Waals surface area contributed by atoms with Crippen LogP contribution in [0.4, 0.5) is 5.69 Å². The van der Waals surface area contributed by atoms with E-state index in [9.17, 15) is 4.79 Å². The van der Waals surface area contributed by atoms with Crippen molar-refractivity contribution in [3.8, 4) is 0 Å². The van der Waals surface area contributed by atoms with E-state index in [1.807, 2.05) is 13.8 Å². The molecule has 6 nitrogen and oxygen atoms in total. The molecule has 18 heavy (non-hydrogen) atoms. The summed E-state index contributed by atoms with van der Waals surface area (Å²) < 4.78 is 7.10. The second-order valence-electron chi connectivity index (χ2n) is 4.83. The maximum atomic E-state index is 12.1. The summed E-state index contributed by atoms with van der Waals surface area (Å²) in [5, 5.41) is 6.97. The lowest BCUT2D eigenvalue weighted by atomic mass is 10.2. The lowest BCUT2D eigenvalue weighted by molar-refractivity contribution is 0.0848. The molecule has 1 saturated heterocycles. The van der Waals surface area contributed by atoms with Gasteiger partial charge in [0.2, 0.25) is 0 Å². The largest absolute Gasteiger partial charge is 0.396 e. The highest BCUT2D eigenvalue weighted by molar-refractivity contribution is 5.97. The molecule has 0 aliphatic carbocycles. The number of amides is 1. The van der Waals surface area contributed by atoms with Gasteiger partial charge < -0.3 is 15.8 Å². The van der Waals surface area contributed by atoms with Crippen molar-refractivity contribution < 1.29 is 9.53 Å². The number of anilines is 1. The van der Waals surface area contributed by atoms with E-state index in [0.29, 0.717) is 17.9 Å². The van der Waals surface area contributed by atoms with Crippen molar-refractivity contribution in [1.82, 2.24) is 15.1 Å². The van der Waals surface area contributed by atoms with Crippen LogP contribution in [0.2, 0.25) is 0 Å². The zero-order valence-electron chi connectivity index (χ0n) is 10.8. The van der Waals surface area contributed by atoms with Crippen LogP contribution in [-0.4, -0.2) is 34.9 Å². The third-order valence-electron chi connectivity index (χ3n) is 3.04. The molecule has 1 unspecified atom stereocenters. The SMILES string of the molecule is CC(C)n1ncc(N)c1C(=O)NCC1CCCO1. The van der Waals surface area contributed by atoms with Crippen LogP contribution in [0.25, 0.3) is 0 Å². The Morgan fingerprint density at radius 2 is 2.50 bits per heavy atom. The second-order valence-corrected chi connectivity index (χ2v) is 4.83. The van der Waals surface area contributed by atoms with Gasteiger partial charge in [-0.1, -0.05) is 0 Å². The number of nitrogens with two attached hydrogens (primary N) is 1.